The Morgan fingerprint density at radius 2 is 1.85 bits per heavy atom. The molecule has 1 aliphatic rings. The second-order valence-corrected chi connectivity index (χ2v) is 6.30. The first-order chi connectivity index (χ1) is 9.59. The van der Waals surface area contributed by atoms with Crippen LogP contribution in [0.3, 0.4) is 0 Å². The summed E-state index contributed by atoms with van der Waals surface area (Å²) in [4.78, 5) is 2.42. The number of hydrogen-bond donors (Lipinski definition) is 2. The highest BCUT2D eigenvalue weighted by molar-refractivity contribution is 5.26. The van der Waals surface area contributed by atoms with Crippen LogP contribution in [0, 0.1) is 5.92 Å². The van der Waals surface area contributed by atoms with Crippen LogP contribution in [0.1, 0.15) is 44.6 Å². The van der Waals surface area contributed by atoms with Crippen molar-refractivity contribution in [1.82, 2.24) is 4.90 Å². The molecule has 0 radical (unpaired) electrons. The van der Waals surface area contributed by atoms with E-state index >= 15 is 0 Å². The first kappa shape index (κ1) is 15.3. The van der Waals surface area contributed by atoms with Gasteiger partial charge in [0, 0.05) is 18.6 Å². The van der Waals surface area contributed by atoms with Gasteiger partial charge in [-0.25, -0.2) is 0 Å². The SMILES string of the molecule is CCC1CCC(CN)(N(C)Cc2ccc(O)cc2)CC1. The van der Waals surface area contributed by atoms with Crippen LogP contribution < -0.4 is 5.73 Å². The second kappa shape index (κ2) is 6.59. The van der Waals surface area contributed by atoms with Crippen LogP contribution in [0.15, 0.2) is 24.3 Å². The van der Waals surface area contributed by atoms with Gasteiger partial charge in [-0.2, -0.15) is 0 Å². The zero-order chi connectivity index (χ0) is 14.6. The minimum absolute atomic E-state index is 0.156. The molecule has 0 saturated heterocycles. The van der Waals surface area contributed by atoms with E-state index in [9.17, 15) is 5.11 Å². The summed E-state index contributed by atoms with van der Waals surface area (Å²) in [5.41, 5.74) is 7.51. The van der Waals surface area contributed by atoms with Gasteiger partial charge in [0.05, 0.1) is 0 Å². The van der Waals surface area contributed by atoms with Crippen molar-refractivity contribution in [3.05, 3.63) is 29.8 Å². The van der Waals surface area contributed by atoms with Crippen LogP contribution in [-0.2, 0) is 6.54 Å². The van der Waals surface area contributed by atoms with Gasteiger partial charge in [0.1, 0.15) is 5.75 Å². The lowest BCUT2D eigenvalue weighted by atomic mass is 9.74. The summed E-state index contributed by atoms with van der Waals surface area (Å²) in [5, 5.41) is 9.36. The molecule has 20 heavy (non-hydrogen) atoms. The van der Waals surface area contributed by atoms with Gasteiger partial charge < -0.3 is 10.8 Å². The molecule has 0 aromatic heterocycles. The molecule has 0 unspecified atom stereocenters. The number of phenols is 1. The predicted molar refractivity (Wildman–Crippen MR) is 83.6 cm³/mol. The van der Waals surface area contributed by atoms with Gasteiger partial charge in [-0.1, -0.05) is 25.5 Å². The fourth-order valence-electron chi connectivity index (χ4n) is 3.41. The van der Waals surface area contributed by atoms with E-state index in [0.29, 0.717) is 5.75 Å². The van der Waals surface area contributed by atoms with Crippen LogP contribution in [0.5, 0.6) is 5.75 Å². The number of aromatic hydroxyl groups is 1. The van der Waals surface area contributed by atoms with Gasteiger partial charge >= 0.3 is 0 Å². The molecule has 0 aliphatic heterocycles. The van der Waals surface area contributed by atoms with E-state index in [2.05, 4.69) is 18.9 Å². The van der Waals surface area contributed by atoms with Crippen LogP contribution in [0.2, 0.25) is 0 Å². The minimum atomic E-state index is 0.156. The molecular weight excluding hydrogens is 248 g/mol. The highest BCUT2D eigenvalue weighted by atomic mass is 16.3. The van der Waals surface area contributed by atoms with Crippen molar-refractivity contribution in [2.75, 3.05) is 13.6 Å². The summed E-state index contributed by atoms with van der Waals surface area (Å²) in [6.07, 6.45) is 6.30. The van der Waals surface area contributed by atoms with Crippen LogP contribution in [0.4, 0.5) is 0 Å². The number of rotatable bonds is 5. The Hall–Kier alpha value is -1.06. The topological polar surface area (TPSA) is 49.5 Å². The van der Waals surface area contributed by atoms with E-state index in [1.54, 1.807) is 12.1 Å². The molecule has 0 spiro atoms. The first-order valence-corrected chi connectivity index (χ1v) is 7.79. The molecule has 0 bridgehead atoms. The lowest BCUT2D eigenvalue weighted by Gasteiger charge is -2.46. The Morgan fingerprint density at radius 3 is 2.35 bits per heavy atom. The van der Waals surface area contributed by atoms with E-state index in [-0.39, 0.29) is 5.54 Å². The largest absolute Gasteiger partial charge is 0.508 e. The Labute approximate surface area is 122 Å². The average molecular weight is 276 g/mol. The predicted octanol–water partition coefficient (Wildman–Crippen LogP) is 3.12. The molecule has 0 heterocycles. The van der Waals surface area contributed by atoms with Crippen molar-refractivity contribution in [1.29, 1.82) is 0 Å². The number of nitrogens with two attached hydrogens (primary N) is 1. The summed E-state index contributed by atoms with van der Waals surface area (Å²) in [6.45, 7) is 3.92. The lowest BCUT2D eigenvalue weighted by Crippen LogP contribution is -2.53. The highest BCUT2D eigenvalue weighted by Gasteiger charge is 2.36. The van der Waals surface area contributed by atoms with Crippen LogP contribution >= 0.6 is 0 Å². The number of nitrogens with zero attached hydrogens (tertiary/aromatic N) is 1. The van der Waals surface area contributed by atoms with Gasteiger partial charge in [0.15, 0.2) is 0 Å². The Bertz CT molecular complexity index is 408. The maximum Gasteiger partial charge on any atom is 0.115 e. The molecule has 1 aliphatic carbocycles. The van der Waals surface area contributed by atoms with E-state index in [4.69, 9.17) is 5.73 Å². The fourth-order valence-corrected chi connectivity index (χ4v) is 3.41. The van der Waals surface area contributed by atoms with Crippen molar-refractivity contribution < 1.29 is 5.11 Å². The zero-order valence-corrected chi connectivity index (χ0v) is 12.8. The van der Waals surface area contributed by atoms with E-state index in [0.717, 1.165) is 19.0 Å². The average Bonchev–Trinajstić information content (AvgIpc) is 2.49. The van der Waals surface area contributed by atoms with E-state index in [1.165, 1.54) is 37.7 Å². The normalized spacial score (nSPS) is 26.9. The van der Waals surface area contributed by atoms with Crippen molar-refractivity contribution in [3.63, 3.8) is 0 Å². The van der Waals surface area contributed by atoms with Crippen molar-refractivity contribution in [2.45, 2.75) is 51.1 Å². The molecular formula is C17H28N2O. The molecule has 3 nitrogen and oxygen atoms in total. The molecule has 3 N–H and O–H groups in total. The third-order valence-electron chi connectivity index (χ3n) is 5.16. The number of likely N-dealkylation sites (N-methyl/N-ethyl adjacent to an activating group) is 1. The van der Waals surface area contributed by atoms with Crippen molar-refractivity contribution >= 4 is 0 Å². The molecule has 112 valence electrons. The third kappa shape index (κ3) is 3.33. The monoisotopic (exact) mass is 276 g/mol. The van der Waals surface area contributed by atoms with Crippen molar-refractivity contribution in [3.8, 4) is 5.75 Å². The summed E-state index contributed by atoms with van der Waals surface area (Å²) in [7, 11) is 2.19. The number of phenolic OH excluding ortho intramolecular Hbond substituents is 1. The van der Waals surface area contributed by atoms with Gasteiger partial charge in [0.2, 0.25) is 0 Å². The summed E-state index contributed by atoms with van der Waals surface area (Å²) < 4.78 is 0. The molecule has 3 heteroatoms. The second-order valence-electron chi connectivity index (χ2n) is 6.30. The Balaban J connectivity index is 2.02. The summed E-state index contributed by atoms with van der Waals surface area (Å²) in [6, 6.07) is 7.50. The molecule has 0 atom stereocenters. The smallest absolute Gasteiger partial charge is 0.115 e. The molecule has 1 aromatic carbocycles. The Kier molecular flexibility index (Phi) is 5.06. The standard InChI is InChI=1S/C17H28N2O/c1-3-14-8-10-17(13-18,11-9-14)19(2)12-15-4-6-16(20)7-5-15/h4-7,14,20H,3,8-13,18H2,1-2H3. The van der Waals surface area contributed by atoms with Gasteiger partial charge in [-0.15, -0.1) is 0 Å². The Morgan fingerprint density at radius 1 is 1.25 bits per heavy atom. The van der Waals surface area contributed by atoms with E-state index < -0.39 is 0 Å². The summed E-state index contributed by atoms with van der Waals surface area (Å²) in [5.74, 6) is 1.21. The van der Waals surface area contributed by atoms with Crippen LogP contribution in [0.25, 0.3) is 0 Å². The minimum Gasteiger partial charge on any atom is -0.508 e. The van der Waals surface area contributed by atoms with Crippen LogP contribution in [-0.4, -0.2) is 29.1 Å². The fraction of sp³-hybridized carbons (Fsp3) is 0.647. The molecule has 2 rings (SSSR count). The van der Waals surface area contributed by atoms with Gasteiger partial charge in [-0.05, 0) is 56.3 Å². The molecule has 1 aromatic rings. The van der Waals surface area contributed by atoms with Gasteiger partial charge in [-0.3, -0.25) is 4.90 Å². The molecule has 1 fully saturated rings. The molecule has 1 saturated carbocycles. The summed E-state index contributed by atoms with van der Waals surface area (Å²) >= 11 is 0. The highest BCUT2D eigenvalue weighted by Crippen LogP contribution is 2.37. The lowest BCUT2D eigenvalue weighted by molar-refractivity contribution is 0.0579. The number of hydrogen-bond acceptors (Lipinski definition) is 3. The van der Waals surface area contributed by atoms with Crippen molar-refractivity contribution in [2.24, 2.45) is 11.7 Å². The first-order valence-electron chi connectivity index (χ1n) is 7.79. The molecule has 0 amide bonds. The maximum atomic E-state index is 9.36. The zero-order valence-electron chi connectivity index (χ0n) is 12.8. The quantitative estimate of drug-likeness (QED) is 0.868. The van der Waals surface area contributed by atoms with Gasteiger partial charge in [0.25, 0.3) is 0 Å². The number of benzene rings is 1. The maximum absolute atomic E-state index is 9.36. The van der Waals surface area contributed by atoms with E-state index in [1.807, 2.05) is 12.1 Å². The third-order valence-corrected chi connectivity index (χ3v) is 5.16.